The average molecular weight is 697 g/mol. The van der Waals surface area contributed by atoms with Gasteiger partial charge in [0.25, 0.3) is 5.69 Å². The molecule has 0 fully saturated rings. The first-order chi connectivity index (χ1) is 18.1. The van der Waals surface area contributed by atoms with Gasteiger partial charge >= 0.3 is 57.1 Å². The van der Waals surface area contributed by atoms with E-state index in [-0.39, 0.29) is 5.56 Å². The fraction of sp³-hybridized carbons (Fsp3) is 0.647. The number of halogens is 17. The van der Waals surface area contributed by atoms with Crippen molar-refractivity contribution in [2.24, 2.45) is 0 Å². The van der Waals surface area contributed by atoms with Gasteiger partial charge in [0.05, 0.1) is 4.92 Å². The quantitative estimate of drug-likeness (QED) is 0.129. The molecule has 0 atom stereocenters. The van der Waals surface area contributed by atoms with E-state index in [9.17, 15) is 93.2 Å². The van der Waals surface area contributed by atoms with E-state index in [1.54, 1.807) is 0 Å². The molecule has 0 amide bonds. The minimum absolute atomic E-state index is 0.362. The highest BCUT2D eigenvalue weighted by Crippen LogP contribution is 2.65. The zero-order valence-corrected chi connectivity index (χ0v) is 21.4. The van der Waals surface area contributed by atoms with Gasteiger partial charge in [-0.05, 0) is 18.1 Å². The van der Waals surface area contributed by atoms with Crippen molar-refractivity contribution in [3.05, 3.63) is 39.9 Å². The summed E-state index contributed by atoms with van der Waals surface area (Å²) in [5, 5.41) is 2.97. The second kappa shape index (κ2) is 10.4. The molecular weight excluding hydrogens is 685 g/mol. The van der Waals surface area contributed by atoms with E-state index in [4.69, 9.17) is 0 Å². The smallest absolute Gasteiger partial charge is 0.258 e. The number of nitro benzene ring substituents is 1. The van der Waals surface area contributed by atoms with Crippen molar-refractivity contribution in [2.45, 2.75) is 52.7 Å². The van der Waals surface area contributed by atoms with Gasteiger partial charge in [-0.1, -0.05) is 12.1 Å². The highest BCUT2D eigenvalue weighted by atomic mass is 32.3. The number of nitro groups is 1. The summed E-state index contributed by atoms with van der Waals surface area (Å²) in [5.74, 6) is -53.3. The molecule has 0 heterocycles. The Labute approximate surface area is 223 Å². The topological polar surface area (TPSA) is 86.5 Å². The van der Waals surface area contributed by atoms with Gasteiger partial charge in [0.1, 0.15) is 0 Å². The van der Waals surface area contributed by atoms with Crippen molar-refractivity contribution < 1.29 is 91.6 Å². The molecular formula is C17H12F17NO5S2. The molecule has 246 valence electrons. The van der Waals surface area contributed by atoms with Crippen LogP contribution in [0.4, 0.5) is 80.3 Å². The first kappa shape index (κ1) is 37.7. The molecule has 0 saturated carbocycles. The predicted octanol–water partition coefficient (Wildman–Crippen LogP) is 7.39. The third-order valence-corrected chi connectivity index (χ3v) is 9.02. The maximum Gasteiger partial charge on any atom is 0.460 e. The van der Waals surface area contributed by atoms with Crippen molar-refractivity contribution in [1.29, 1.82) is 0 Å². The molecule has 0 aliphatic rings. The summed E-state index contributed by atoms with van der Waals surface area (Å²) in [6.07, 6.45) is -6.96. The molecule has 0 aliphatic carbocycles. The van der Waals surface area contributed by atoms with E-state index in [2.05, 4.69) is 3.63 Å². The van der Waals surface area contributed by atoms with E-state index < -0.39 is 83.8 Å². The molecule has 25 heteroatoms. The summed E-state index contributed by atoms with van der Waals surface area (Å²) in [4.78, 5) is 9.74. The Bertz CT molecular complexity index is 1290. The summed E-state index contributed by atoms with van der Waals surface area (Å²) in [6.45, 7) is 0. The zero-order valence-electron chi connectivity index (χ0n) is 19.7. The predicted molar refractivity (Wildman–Crippen MR) is 107 cm³/mol. The van der Waals surface area contributed by atoms with Crippen molar-refractivity contribution in [1.82, 2.24) is 0 Å². The molecule has 0 unspecified atom stereocenters. The van der Waals surface area contributed by atoms with Crippen LogP contribution in [0.25, 0.3) is 0 Å². The van der Waals surface area contributed by atoms with Crippen LogP contribution >= 0.6 is 10.3 Å². The Balaban J connectivity index is 3.61. The highest BCUT2D eigenvalue weighted by molar-refractivity contribution is 8.31. The molecule has 0 N–H and O–H groups in total. The minimum Gasteiger partial charge on any atom is -0.258 e. The molecule has 0 spiro atoms. The maximum atomic E-state index is 14.2. The fourth-order valence-corrected chi connectivity index (χ4v) is 6.68. The second-order valence-electron chi connectivity index (χ2n) is 8.49. The zero-order chi connectivity index (χ0) is 34.0. The Kier molecular flexibility index (Phi) is 9.34. The summed E-state index contributed by atoms with van der Waals surface area (Å²) < 4.78 is 255. The first-order valence-corrected chi connectivity index (χ1v) is 13.7. The monoisotopic (exact) mass is 697 g/mol. The molecule has 0 bridgehead atoms. The number of nitrogens with zero attached hydrogens (tertiary/aromatic N) is 1. The average Bonchev–Trinajstić information content (AvgIpc) is 2.76. The van der Waals surface area contributed by atoms with Crippen LogP contribution in [0.15, 0.2) is 24.3 Å². The Hall–Kier alpha value is -2.31. The molecule has 6 nitrogen and oxygen atoms in total. The normalized spacial score (nSPS) is 16.0. The van der Waals surface area contributed by atoms with E-state index >= 15 is 0 Å². The lowest BCUT2D eigenvalue weighted by atomic mass is 9.91. The lowest BCUT2D eigenvalue weighted by molar-refractivity contribution is -0.458. The van der Waals surface area contributed by atoms with Crippen molar-refractivity contribution in [2.75, 3.05) is 12.5 Å². The lowest BCUT2D eigenvalue weighted by Gasteiger charge is -2.42. The minimum atomic E-state index is -8.95. The molecule has 0 aromatic heterocycles. The number of alkyl halides is 17. The van der Waals surface area contributed by atoms with Crippen LogP contribution in [0.1, 0.15) is 5.56 Å². The Morgan fingerprint density at radius 1 is 0.690 bits per heavy atom. The molecule has 1 rings (SSSR count). The van der Waals surface area contributed by atoms with Gasteiger partial charge in [-0.2, -0.15) is 83.1 Å². The van der Waals surface area contributed by atoms with Gasteiger partial charge in [-0.15, -0.1) is 10.3 Å². The summed E-state index contributed by atoms with van der Waals surface area (Å²) in [7, 11) is -11.6. The van der Waals surface area contributed by atoms with Crippen LogP contribution in [0.3, 0.4) is 0 Å². The molecule has 1 aromatic carbocycles. The van der Waals surface area contributed by atoms with Crippen molar-refractivity contribution in [3.8, 4) is 0 Å². The number of non-ortho nitro benzene ring substituents is 1. The van der Waals surface area contributed by atoms with Crippen LogP contribution < -0.4 is 0 Å². The molecule has 0 radical (unpaired) electrons. The third-order valence-electron chi connectivity index (χ3n) is 4.92. The van der Waals surface area contributed by atoms with Crippen LogP contribution in [-0.4, -0.2) is 72.8 Å². The highest BCUT2D eigenvalue weighted by Gasteiger charge is 2.96. The number of hydrogen-bond donors (Lipinski definition) is 0. The van der Waals surface area contributed by atoms with Gasteiger partial charge in [-0.3, -0.25) is 10.1 Å². The SMILES string of the molecule is CS(C)(Cc1cccc([N+](=O)[O-])c1)OS(=O)(=O)C(F)(F)C(F)(F)C(F)(F)C(F)(F)C(F)(F)C(F)(F)C(F)(F)C(F)(F)F. The molecule has 1 aromatic rings. The Morgan fingerprint density at radius 3 is 1.45 bits per heavy atom. The molecule has 42 heavy (non-hydrogen) atoms. The molecule has 0 saturated heterocycles. The van der Waals surface area contributed by atoms with Crippen LogP contribution in [0, 0.1) is 10.1 Å². The number of hydrogen-bond acceptors (Lipinski definition) is 5. The number of rotatable bonds is 12. The standard InChI is InChI=1S/C17H12F17NO5S2/c1-41(2,7-8-4-3-5-9(6-8)35(36)37)40-42(38,39)17(33,34)15(28,29)13(24,25)11(20,21)10(18,19)12(22,23)14(26,27)16(30,31)32/h3-6H,7H2,1-2H3. The van der Waals surface area contributed by atoms with Gasteiger partial charge in [0.15, 0.2) is 0 Å². The first-order valence-electron chi connectivity index (χ1n) is 9.70. The van der Waals surface area contributed by atoms with Gasteiger partial charge in [0, 0.05) is 17.9 Å². The van der Waals surface area contributed by atoms with Crippen LogP contribution in [0.2, 0.25) is 0 Å². The third kappa shape index (κ3) is 5.66. The number of benzene rings is 1. The fourth-order valence-electron chi connectivity index (χ4n) is 2.78. The summed E-state index contributed by atoms with van der Waals surface area (Å²) in [6, 6.07) is 3.33. The van der Waals surface area contributed by atoms with E-state index in [1.165, 1.54) is 0 Å². The summed E-state index contributed by atoms with van der Waals surface area (Å²) in [5.41, 5.74) is -1.09. The largest absolute Gasteiger partial charge is 0.460 e. The van der Waals surface area contributed by atoms with E-state index in [1.807, 2.05) is 0 Å². The van der Waals surface area contributed by atoms with Crippen molar-refractivity contribution >= 4 is 26.1 Å². The molecule has 0 aliphatic heterocycles. The van der Waals surface area contributed by atoms with E-state index in [0.29, 0.717) is 18.6 Å². The van der Waals surface area contributed by atoms with Crippen LogP contribution in [-0.2, 0) is 19.5 Å². The van der Waals surface area contributed by atoms with Gasteiger partial charge in [-0.25, -0.2) is 3.63 Å². The second-order valence-corrected chi connectivity index (χ2v) is 13.6. The Morgan fingerprint density at radius 2 is 1.07 bits per heavy atom. The van der Waals surface area contributed by atoms with Gasteiger partial charge in [0.2, 0.25) is 0 Å². The maximum absolute atomic E-state index is 14.2. The van der Waals surface area contributed by atoms with Gasteiger partial charge < -0.3 is 0 Å². The van der Waals surface area contributed by atoms with Crippen LogP contribution in [0.5, 0.6) is 0 Å². The van der Waals surface area contributed by atoms with E-state index in [0.717, 1.165) is 18.2 Å². The lowest BCUT2D eigenvalue weighted by Crippen LogP contribution is -2.75. The summed E-state index contributed by atoms with van der Waals surface area (Å²) >= 11 is 0. The van der Waals surface area contributed by atoms with Crippen molar-refractivity contribution in [3.63, 3.8) is 0 Å².